The van der Waals surface area contributed by atoms with Crippen molar-refractivity contribution in [2.24, 2.45) is 0 Å². The molecule has 1 aromatic carbocycles. The molecule has 2 rings (SSSR count). The zero-order chi connectivity index (χ0) is 9.26. The molecular formula is C10H14N2O. The summed E-state index contributed by atoms with van der Waals surface area (Å²) >= 11 is 0. The average molecular weight is 178 g/mol. The van der Waals surface area contributed by atoms with Crippen molar-refractivity contribution in [3.63, 3.8) is 0 Å². The molecule has 0 atom stereocenters. The third-order valence-corrected chi connectivity index (χ3v) is 2.47. The minimum absolute atomic E-state index is 0.830. The number of nitrogens with zero attached hydrogens (tertiary/aromatic N) is 1. The van der Waals surface area contributed by atoms with Crippen molar-refractivity contribution in [2.75, 3.05) is 19.4 Å². The lowest BCUT2D eigenvalue weighted by Gasteiger charge is -2.26. The second-order valence-electron chi connectivity index (χ2n) is 3.32. The summed E-state index contributed by atoms with van der Waals surface area (Å²) in [6.07, 6.45) is 1.05. The Labute approximate surface area is 78.1 Å². The van der Waals surface area contributed by atoms with E-state index in [4.69, 9.17) is 10.6 Å². The molecule has 0 radical (unpaired) electrons. The molecule has 70 valence electrons. The van der Waals surface area contributed by atoms with Crippen molar-refractivity contribution in [1.29, 1.82) is 0 Å². The zero-order valence-electron chi connectivity index (χ0n) is 7.79. The standard InChI is InChI=1S/C10H14N2O/c1-13-12-5-4-8-2-3-10(11)6-9(8)7-12/h2-3,6H,4-5,7,11H2,1H3. The van der Waals surface area contributed by atoms with Crippen LogP contribution in [0.5, 0.6) is 0 Å². The van der Waals surface area contributed by atoms with Crippen LogP contribution in [-0.4, -0.2) is 18.7 Å². The highest BCUT2D eigenvalue weighted by atomic mass is 16.7. The third kappa shape index (κ3) is 1.66. The Morgan fingerprint density at radius 2 is 2.23 bits per heavy atom. The highest BCUT2D eigenvalue weighted by molar-refractivity contribution is 5.45. The summed E-state index contributed by atoms with van der Waals surface area (Å²) in [5, 5.41) is 1.95. The summed E-state index contributed by atoms with van der Waals surface area (Å²) in [4.78, 5) is 5.18. The van der Waals surface area contributed by atoms with Gasteiger partial charge in [-0.15, -0.1) is 0 Å². The van der Waals surface area contributed by atoms with E-state index in [2.05, 4.69) is 6.07 Å². The lowest BCUT2D eigenvalue weighted by molar-refractivity contribution is -0.142. The quantitative estimate of drug-likeness (QED) is 0.656. The van der Waals surface area contributed by atoms with Crippen LogP contribution in [0.4, 0.5) is 5.69 Å². The molecule has 3 heteroatoms. The molecule has 0 bridgehead atoms. The summed E-state index contributed by atoms with van der Waals surface area (Å²) in [6, 6.07) is 6.10. The van der Waals surface area contributed by atoms with Crippen molar-refractivity contribution in [3.8, 4) is 0 Å². The van der Waals surface area contributed by atoms with Crippen LogP contribution in [-0.2, 0) is 17.8 Å². The predicted molar refractivity (Wildman–Crippen MR) is 52.0 cm³/mol. The van der Waals surface area contributed by atoms with E-state index in [1.54, 1.807) is 7.11 Å². The first-order chi connectivity index (χ1) is 6.29. The van der Waals surface area contributed by atoms with E-state index in [0.29, 0.717) is 0 Å². The lowest BCUT2D eigenvalue weighted by Crippen LogP contribution is -2.29. The molecular weight excluding hydrogens is 164 g/mol. The van der Waals surface area contributed by atoms with Gasteiger partial charge in [0.15, 0.2) is 0 Å². The van der Waals surface area contributed by atoms with Gasteiger partial charge >= 0.3 is 0 Å². The number of hydrogen-bond acceptors (Lipinski definition) is 3. The zero-order valence-corrected chi connectivity index (χ0v) is 7.79. The Morgan fingerprint density at radius 1 is 1.38 bits per heavy atom. The van der Waals surface area contributed by atoms with E-state index >= 15 is 0 Å². The van der Waals surface area contributed by atoms with E-state index in [1.807, 2.05) is 17.2 Å². The van der Waals surface area contributed by atoms with Crippen LogP contribution >= 0.6 is 0 Å². The van der Waals surface area contributed by atoms with Crippen LogP contribution in [0, 0.1) is 0 Å². The maximum Gasteiger partial charge on any atom is 0.0575 e. The molecule has 0 unspecified atom stereocenters. The summed E-state index contributed by atoms with van der Waals surface area (Å²) < 4.78 is 0. The highest BCUT2D eigenvalue weighted by Gasteiger charge is 2.15. The largest absolute Gasteiger partial charge is 0.399 e. The van der Waals surface area contributed by atoms with Crippen LogP contribution < -0.4 is 5.73 Å². The van der Waals surface area contributed by atoms with Crippen molar-refractivity contribution in [2.45, 2.75) is 13.0 Å². The average Bonchev–Trinajstić information content (AvgIpc) is 2.16. The molecule has 1 aromatic rings. The van der Waals surface area contributed by atoms with E-state index in [0.717, 1.165) is 25.2 Å². The first kappa shape index (κ1) is 8.53. The maximum absolute atomic E-state index is 5.71. The van der Waals surface area contributed by atoms with Gasteiger partial charge in [0.2, 0.25) is 0 Å². The molecule has 0 aromatic heterocycles. The maximum atomic E-state index is 5.71. The van der Waals surface area contributed by atoms with Crippen molar-refractivity contribution in [3.05, 3.63) is 29.3 Å². The Balaban J connectivity index is 2.27. The van der Waals surface area contributed by atoms with E-state index in [-0.39, 0.29) is 0 Å². The van der Waals surface area contributed by atoms with Gasteiger partial charge in [-0.1, -0.05) is 6.07 Å². The van der Waals surface area contributed by atoms with Crippen LogP contribution in [0.2, 0.25) is 0 Å². The van der Waals surface area contributed by atoms with E-state index < -0.39 is 0 Å². The molecule has 2 N–H and O–H groups in total. The summed E-state index contributed by atoms with van der Waals surface area (Å²) in [5.41, 5.74) is 9.22. The topological polar surface area (TPSA) is 38.5 Å². The van der Waals surface area contributed by atoms with Gasteiger partial charge in [0, 0.05) is 18.8 Å². The first-order valence-corrected chi connectivity index (χ1v) is 4.46. The number of fused-ring (bicyclic) bond motifs is 1. The number of nitrogen functional groups attached to an aromatic ring is 1. The fraction of sp³-hybridized carbons (Fsp3) is 0.400. The van der Waals surface area contributed by atoms with Crippen molar-refractivity contribution < 1.29 is 4.84 Å². The van der Waals surface area contributed by atoms with Gasteiger partial charge in [-0.2, -0.15) is 5.06 Å². The molecule has 3 nitrogen and oxygen atoms in total. The summed E-state index contributed by atoms with van der Waals surface area (Å²) in [5.74, 6) is 0. The fourth-order valence-corrected chi connectivity index (χ4v) is 1.71. The molecule has 0 aliphatic carbocycles. The Kier molecular flexibility index (Phi) is 2.20. The molecule has 1 aliphatic rings. The van der Waals surface area contributed by atoms with Crippen LogP contribution in [0.15, 0.2) is 18.2 Å². The van der Waals surface area contributed by atoms with E-state index in [9.17, 15) is 0 Å². The number of rotatable bonds is 1. The summed E-state index contributed by atoms with van der Waals surface area (Å²) in [6.45, 7) is 1.81. The van der Waals surface area contributed by atoms with Crippen molar-refractivity contribution in [1.82, 2.24) is 5.06 Å². The first-order valence-electron chi connectivity index (χ1n) is 4.46. The number of hydrogen-bond donors (Lipinski definition) is 1. The van der Waals surface area contributed by atoms with Gasteiger partial charge in [0.25, 0.3) is 0 Å². The van der Waals surface area contributed by atoms with Gasteiger partial charge in [0.1, 0.15) is 0 Å². The second-order valence-corrected chi connectivity index (χ2v) is 3.32. The molecule has 0 spiro atoms. The summed E-state index contributed by atoms with van der Waals surface area (Å²) in [7, 11) is 1.71. The van der Waals surface area contributed by atoms with Crippen LogP contribution in [0.25, 0.3) is 0 Å². The Hall–Kier alpha value is -1.06. The SMILES string of the molecule is CON1CCc2ccc(N)cc2C1. The molecule has 13 heavy (non-hydrogen) atoms. The van der Waals surface area contributed by atoms with Gasteiger partial charge in [0.05, 0.1) is 7.11 Å². The van der Waals surface area contributed by atoms with Gasteiger partial charge in [-0.3, -0.25) is 0 Å². The van der Waals surface area contributed by atoms with Gasteiger partial charge in [-0.05, 0) is 29.7 Å². The van der Waals surface area contributed by atoms with Crippen LogP contribution in [0.1, 0.15) is 11.1 Å². The minimum atomic E-state index is 0.830. The molecule has 0 fully saturated rings. The number of benzene rings is 1. The Bertz CT molecular complexity index is 312. The number of hydroxylamine groups is 2. The highest BCUT2D eigenvalue weighted by Crippen LogP contribution is 2.20. The fourth-order valence-electron chi connectivity index (χ4n) is 1.71. The van der Waals surface area contributed by atoms with Gasteiger partial charge < -0.3 is 10.6 Å². The Morgan fingerprint density at radius 3 is 3.00 bits per heavy atom. The van der Waals surface area contributed by atoms with Crippen LogP contribution in [0.3, 0.4) is 0 Å². The predicted octanol–water partition coefficient (Wildman–Crippen LogP) is 1.19. The van der Waals surface area contributed by atoms with Crippen molar-refractivity contribution >= 4 is 5.69 Å². The second kappa shape index (κ2) is 3.36. The number of anilines is 1. The molecule has 0 saturated carbocycles. The minimum Gasteiger partial charge on any atom is -0.399 e. The normalized spacial score (nSPS) is 17.0. The van der Waals surface area contributed by atoms with Gasteiger partial charge in [-0.25, -0.2) is 0 Å². The molecule has 1 aliphatic heterocycles. The lowest BCUT2D eigenvalue weighted by atomic mass is 10.0. The van der Waals surface area contributed by atoms with E-state index in [1.165, 1.54) is 11.1 Å². The molecule has 1 heterocycles. The monoisotopic (exact) mass is 178 g/mol. The smallest absolute Gasteiger partial charge is 0.0575 e. The number of nitrogens with two attached hydrogens (primary N) is 1. The molecule has 0 saturated heterocycles. The molecule has 0 amide bonds. The third-order valence-electron chi connectivity index (χ3n) is 2.47.